The topological polar surface area (TPSA) is 47.6 Å². The Hall–Kier alpha value is -1.91. The van der Waals surface area contributed by atoms with E-state index in [1.165, 1.54) is 13.2 Å². The zero-order chi connectivity index (χ0) is 17.0. The summed E-state index contributed by atoms with van der Waals surface area (Å²) in [6, 6.07) is 8.53. The van der Waals surface area contributed by atoms with Crippen molar-refractivity contribution in [2.24, 2.45) is 0 Å². The second-order valence-electron chi connectivity index (χ2n) is 4.81. The second-order valence-corrected chi connectivity index (χ2v) is 5.62. The molecule has 0 heterocycles. The van der Waals surface area contributed by atoms with Gasteiger partial charge in [0.15, 0.2) is 11.5 Å². The Morgan fingerprint density at radius 1 is 1.22 bits per heavy atom. The molecule has 0 aliphatic carbocycles. The van der Waals surface area contributed by atoms with E-state index in [4.69, 9.17) is 32.7 Å². The highest BCUT2D eigenvalue weighted by atomic mass is 35.5. The number of halogens is 2. The van der Waals surface area contributed by atoms with Crippen LogP contribution in [0.5, 0.6) is 11.5 Å². The van der Waals surface area contributed by atoms with Gasteiger partial charge in [-0.2, -0.15) is 0 Å². The highest BCUT2D eigenvalue weighted by Gasteiger charge is 2.17. The van der Waals surface area contributed by atoms with E-state index in [-0.39, 0.29) is 5.91 Å². The van der Waals surface area contributed by atoms with E-state index in [1.54, 1.807) is 12.1 Å². The van der Waals surface area contributed by atoms with Crippen molar-refractivity contribution in [2.75, 3.05) is 19.0 Å². The van der Waals surface area contributed by atoms with Crippen LogP contribution in [0.15, 0.2) is 30.3 Å². The van der Waals surface area contributed by atoms with Gasteiger partial charge in [-0.15, -0.1) is 0 Å². The number of amides is 1. The minimum atomic E-state index is -0.329. The van der Waals surface area contributed by atoms with E-state index in [0.29, 0.717) is 39.4 Å². The number of carbonyl (C=O) groups is 1. The van der Waals surface area contributed by atoms with Crippen molar-refractivity contribution in [3.63, 3.8) is 0 Å². The van der Waals surface area contributed by atoms with E-state index in [9.17, 15) is 4.79 Å². The van der Waals surface area contributed by atoms with Gasteiger partial charge < -0.3 is 14.8 Å². The molecule has 23 heavy (non-hydrogen) atoms. The van der Waals surface area contributed by atoms with Gasteiger partial charge >= 0.3 is 0 Å². The van der Waals surface area contributed by atoms with Crippen molar-refractivity contribution in [1.82, 2.24) is 0 Å². The van der Waals surface area contributed by atoms with Gasteiger partial charge in [0.05, 0.1) is 29.4 Å². The fourth-order valence-corrected chi connectivity index (χ4v) is 2.65. The highest BCUT2D eigenvalue weighted by molar-refractivity contribution is 6.34. The molecule has 0 unspecified atom stereocenters. The third-order valence-corrected chi connectivity index (χ3v) is 3.84. The monoisotopic (exact) mass is 353 g/mol. The van der Waals surface area contributed by atoms with Gasteiger partial charge in [-0.1, -0.05) is 35.3 Å². The summed E-state index contributed by atoms with van der Waals surface area (Å²) in [7, 11) is 1.49. The fourth-order valence-electron chi connectivity index (χ4n) is 2.11. The van der Waals surface area contributed by atoms with Crippen LogP contribution in [0.4, 0.5) is 5.69 Å². The first-order valence-electron chi connectivity index (χ1n) is 7.04. The zero-order valence-electron chi connectivity index (χ0n) is 13.1. The van der Waals surface area contributed by atoms with E-state index in [1.807, 2.05) is 26.0 Å². The van der Waals surface area contributed by atoms with Crippen molar-refractivity contribution in [1.29, 1.82) is 0 Å². The third-order valence-electron chi connectivity index (χ3n) is 3.24. The number of rotatable bonds is 5. The Morgan fingerprint density at radius 2 is 1.96 bits per heavy atom. The normalized spacial score (nSPS) is 10.3. The molecule has 0 spiro atoms. The summed E-state index contributed by atoms with van der Waals surface area (Å²) in [5.74, 6) is 0.493. The van der Waals surface area contributed by atoms with Crippen LogP contribution in [0.3, 0.4) is 0 Å². The van der Waals surface area contributed by atoms with Crippen LogP contribution in [0.2, 0.25) is 10.0 Å². The van der Waals surface area contributed by atoms with Gasteiger partial charge in [0.2, 0.25) is 0 Å². The summed E-state index contributed by atoms with van der Waals surface area (Å²) in [5.41, 5.74) is 1.80. The fraction of sp³-hybridized carbons (Fsp3) is 0.235. The molecular weight excluding hydrogens is 337 g/mol. The van der Waals surface area contributed by atoms with Gasteiger partial charge in [0.1, 0.15) is 0 Å². The zero-order valence-corrected chi connectivity index (χ0v) is 14.6. The lowest BCUT2D eigenvalue weighted by atomic mass is 10.1. The minimum Gasteiger partial charge on any atom is -0.493 e. The minimum absolute atomic E-state index is 0.312. The summed E-state index contributed by atoms with van der Waals surface area (Å²) in [4.78, 5) is 12.5. The molecule has 0 saturated carbocycles. The molecule has 2 aromatic carbocycles. The van der Waals surface area contributed by atoms with Gasteiger partial charge in [-0.05, 0) is 37.6 Å². The van der Waals surface area contributed by atoms with Gasteiger partial charge in [0.25, 0.3) is 5.91 Å². The van der Waals surface area contributed by atoms with Crippen molar-refractivity contribution in [3.8, 4) is 11.5 Å². The van der Waals surface area contributed by atoms with E-state index in [0.717, 1.165) is 5.56 Å². The maximum Gasteiger partial charge on any atom is 0.255 e. The molecule has 0 fully saturated rings. The summed E-state index contributed by atoms with van der Waals surface area (Å²) in [5, 5.41) is 3.59. The summed E-state index contributed by atoms with van der Waals surface area (Å²) in [6.45, 7) is 4.16. The third kappa shape index (κ3) is 3.89. The number of benzene rings is 2. The number of ether oxygens (including phenoxy) is 2. The quantitative estimate of drug-likeness (QED) is 0.825. The number of para-hydroxylation sites is 1. The molecular formula is C17H17Cl2NO3. The SMILES string of the molecule is CCOc1c(Cl)cc(C(=O)Nc2c(C)cccc2Cl)cc1OC. The van der Waals surface area contributed by atoms with Crippen LogP contribution in [-0.4, -0.2) is 19.6 Å². The molecule has 0 aliphatic heterocycles. The van der Waals surface area contributed by atoms with Crippen LogP contribution < -0.4 is 14.8 Å². The molecule has 122 valence electrons. The molecule has 0 saturated heterocycles. The smallest absolute Gasteiger partial charge is 0.255 e. The molecule has 0 bridgehead atoms. The number of aryl methyl sites for hydroxylation is 1. The van der Waals surface area contributed by atoms with Crippen LogP contribution in [0.1, 0.15) is 22.8 Å². The average molecular weight is 354 g/mol. The number of hydrogen-bond acceptors (Lipinski definition) is 3. The predicted molar refractivity (Wildman–Crippen MR) is 93.3 cm³/mol. The first-order valence-corrected chi connectivity index (χ1v) is 7.80. The number of carbonyl (C=O) groups excluding carboxylic acids is 1. The number of hydrogen-bond donors (Lipinski definition) is 1. The lowest BCUT2D eigenvalue weighted by molar-refractivity contribution is 0.102. The predicted octanol–water partition coefficient (Wildman–Crippen LogP) is 4.96. The molecule has 1 N–H and O–H groups in total. The number of anilines is 1. The largest absolute Gasteiger partial charge is 0.493 e. The van der Waals surface area contributed by atoms with E-state index < -0.39 is 0 Å². The van der Waals surface area contributed by atoms with Crippen molar-refractivity contribution in [2.45, 2.75) is 13.8 Å². The maximum atomic E-state index is 12.5. The van der Waals surface area contributed by atoms with E-state index in [2.05, 4.69) is 5.32 Å². The summed E-state index contributed by atoms with van der Waals surface area (Å²) < 4.78 is 10.7. The summed E-state index contributed by atoms with van der Waals surface area (Å²) in [6.07, 6.45) is 0. The highest BCUT2D eigenvalue weighted by Crippen LogP contribution is 2.37. The van der Waals surface area contributed by atoms with Crippen LogP contribution >= 0.6 is 23.2 Å². The maximum absolute atomic E-state index is 12.5. The molecule has 0 aromatic heterocycles. The Balaban J connectivity index is 2.35. The van der Waals surface area contributed by atoms with Crippen LogP contribution in [-0.2, 0) is 0 Å². The molecule has 1 amide bonds. The second kappa shape index (κ2) is 7.57. The van der Waals surface area contributed by atoms with E-state index >= 15 is 0 Å². The van der Waals surface area contributed by atoms with Crippen molar-refractivity contribution < 1.29 is 14.3 Å². The standard InChI is InChI=1S/C17H17Cl2NO3/c1-4-23-16-13(19)8-11(9-14(16)22-3)17(21)20-15-10(2)6-5-7-12(15)18/h5-9H,4H2,1-3H3,(H,20,21). The Bertz CT molecular complexity index is 712. The molecule has 0 aliphatic rings. The Labute approximate surface area is 145 Å². The lowest BCUT2D eigenvalue weighted by Gasteiger charge is -2.14. The molecule has 4 nitrogen and oxygen atoms in total. The number of nitrogens with one attached hydrogen (secondary N) is 1. The molecule has 6 heteroatoms. The molecule has 2 aromatic rings. The van der Waals surface area contributed by atoms with Gasteiger partial charge in [-0.3, -0.25) is 4.79 Å². The first kappa shape index (κ1) is 17.4. The Kier molecular flexibility index (Phi) is 5.74. The van der Waals surface area contributed by atoms with Crippen molar-refractivity contribution in [3.05, 3.63) is 51.5 Å². The lowest BCUT2D eigenvalue weighted by Crippen LogP contribution is -2.13. The molecule has 0 radical (unpaired) electrons. The van der Waals surface area contributed by atoms with Crippen molar-refractivity contribution >= 4 is 34.8 Å². The number of methoxy groups -OCH3 is 1. The summed E-state index contributed by atoms with van der Waals surface area (Å²) >= 11 is 12.3. The molecule has 0 atom stereocenters. The van der Waals surface area contributed by atoms with Crippen LogP contribution in [0.25, 0.3) is 0 Å². The van der Waals surface area contributed by atoms with Gasteiger partial charge in [-0.25, -0.2) is 0 Å². The average Bonchev–Trinajstić information content (AvgIpc) is 2.52. The Morgan fingerprint density at radius 3 is 2.57 bits per heavy atom. The molecule has 2 rings (SSSR count). The van der Waals surface area contributed by atoms with Crippen LogP contribution in [0, 0.1) is 6.92 Å². The first-order chi connectivity index (χ1) is 11.0. The van der Waals surface area contributed by atoms with Gasteiger partial charge in [0, 0.05) is 5.56 Å².